The van der Waals surface area contributed by atoms with Gasteiger partial charge in [-0.2, -0.15) is 4.52 Å². The highest BCUT2D eigenvalue weighted by Gasteiger charge is 2.08. The van der Waals surface area contributed by atoms with E-state index >= 15 is 0 Å². The Hall–Kier alpha value is -0.920. The first-order valence-corrected chi connectivity index (χ1v) is 7.06. The predicted octanol–water partition coefficient (Wildman–Crippen LogP) is 1.45. The SMILES string of the molecule is CCc1cc(=O)n2nc(SCCOC)sc2n1. The van der Waals surface area contributed by atoms with Gasteiger partial charge in [-0.15, -0.1) is 5.10 Å². The fourth-order valence-corrected chi connectivity index (χ4v) is 3.22. The second-order valence-electron chi connectivity index (χ2n) is 3.34. The van der Waals surface area contributed by atoms with Gasteiger partial charge in [0.05, 0.1) is 6.61 Å². The molecule has 92 valence electrons. The highest BCUT2D eigenvalue weighted by molar-refractivity contribution is 8.01. The highest BCUT2D eigenvalue weighted by Crippen LogP contribution is 2.22. The first-order valence-electron chi connectivity index (χ1n) is 5.26. The third-order valence-corrected chi connectivity index (χ3v) is 4.16. The molecule has 2 rings (SSSR count). The lowest BCUT2D eigenvalue weighted by Gasteiger charge is -1.93. The zero-order valence-electron chi connectivity index (χ0n) is 9.67. The molecule has 5 nitrogen and oxygen atoms in total. The Labute approximate surface area is 107 Å². The Balaban J connectivity index is 2.30. The van der Waals surface area contributed by atoms with Gasteiger partial charge in [-0.1, -0.05) is 30.0 Å². The molecule has 0 fully saturated rings. The van der Waals surface area contributed by atoms with Crippen LogP contribution >= 0.6 is 23.1 Å². The maximum absolute atomic E-state index is 11.7. The molecule has 0 aliphatic heterocycles. The topological polar surface area (TPSA) is 56.5 Å². The molecule has 0 N–H and O–H groups in total. The molecule has 7 heteroatoms. The van der Waals surface area contributed by atoms with Gasteiger partial charge in [0.2, 0.25) is 4.96 Å². The largest absolute Gasteiger partial charge is 0.384 e. The summed E-state index contributed by atoms with van der Waals surface area (Å²) in [6.45, 7) is 2.65. The smallest absolute Gasteiger partial charge is 0.275 e. The van der Waals surface area contributed by atoms with E-state index in [9.17, 15) is 4.79 Å². The van der Waals surface area contributed by atoms with Crippen molar-refractivity contribution in [1.82, 2.24) is 14.6 Å². The fraction of sp³-hybridized carbons (Fsp3) is 0.500. The Kier molecular flexibility index (Phi) is 4.14. The van der Waals surface area contributed by atoms with Crippen LogP contribution in [0.2, 0.25) is 0 Å². The van der Waals surface area contributed by atoms with Crippen molar-refractivity contribution in [2.24, 2.45) is 0 Å². The van der Waals surface area contributed by atoms with Gasteiger partial charge in [0.15, 0.2) is 4.34 Å². The van der Waals surface area contributed by atoms with E-state index in [0.717, 1.165) is 22.2 Å². The molecule has 17 heavy (non-hydrogen) atoms. The van der Waals surface area contributed by atoms with Crippen molar-refractivity contribution in [3.63, 3.8) is 0 Å². The van der Waals surface area contributed by atoms with Gasteiger partial charge in [-0.05, 0) is 6.42 Å². The van der Waals surface area contributed by atoms with E-state index in [0.29, 0.717) is 11.6 Å². The molecule has 2 aromatic heterocycles. The average molecular weight is 271 g/mol. The quantitative estimate of drug-likeness (QED) is 0.608. The Morgan fingerprint density at radius 1 is 1.59 bits per heavy atom. The highest BCUT2D eigenvalue weighted by atomic mass is 32.2. The minimum absolute atomic E-state index is 0.110. The van der Waals surface area contributed by atoms with Gasteiger partial charge < -0.3 is 4.74 Å². The van der Waals surface area contributed by atoms with Crippen LogP contribution in [0.25, 0.3) is 4.96 Å². The summed E-state index contributed by atoms with van der Waals surface area (Å²) in [5, 5.41) is 4.23. The van der Waals surface area contributed by atoms with Crippen LogP contribution in [0, 0.1) is 0 Å². The van der Waals surface area contributed by atoms with E-state index in [4.69, 9.17) is 4.74 Å². The van der Waals surface area contributed by atoms with E-state index in [1.807, 2.05) is 6.92 Å². The van der Waals surface area contributed by atoms with Crippen LogP contribution in [0.4, 0.5) is 0 Å². The van der Waals surface area contributed by atoms with Crippen LogP contribution in [0.5, 0.6) is 0 Å². The maximum atomic E-state index is 11.7. The van der Waals surface area contributed by atoms with Crippen LogP contribution in [-0.4, -0.2) is 34.1 Å². The van der Waals surface area contributed by atoms with Crippen LogP contribution in [0.1, 0.15) is 12.6 Å². The summed E-state index contributed by atoms with van der Waals surface area (Å²) < 4.78 is 7.18. The number of hydrogen-bond donors (Lipinski definition) is 0. The van der Waals surface area contributed by atoms with Crippen LogP contribution in [0.15, 0.2) is 15.2 Å². The lowest BCUT2D eigenvalue weighted by atomic mass is 10.3. The van der Waals surface area contributed by atoms with Crippen molar-refractivity contribution < 1.29 is 4.74 Å². The Morgan fingerprint density at radius 2 is 2.41 bits per heavy atom. The second-order valence-corrected chi connectivity index (χ2v) is 5.64. The summed E-state index contributed by atoms with van der Waals surface area (Å²) >= 11 is 3.02. The molecule has 0 aromatic carbocycles. The van der Waals surface area contributed by atoms with Crippen molar-refractivity contribution in [2.45, 2.75) is 17.7 Å². The average Bonchev–Trinajstić information content (AvgIpc) is 2.72. The molecule has 0 unspecified atom stereocenters. The molecule has 0 saturated carbocycles. The standard InChI is InChI=1S/C10H13N3O2S2/c1-3-7-6-8(14)13-9(11-7)17-10(12-13)16-5-4-15-2/h6H,3-5H2,1-2H3. The van der Waals surface area contributed by atoms with E-state index in [-0.39, 0.29) is 5.56 Å². The molecule has 0 amide bonds. The van der Waals surface area contributed by atoms with Gasteiger partial charge >= 0.3 is 0 Å². The van der Waals surface area contributed by atoms with Crippen molar-refractivity contribution in [3.8, 4) is 0 Å². The predicted molar refractivity (Wildman–Crippen MR) is 69.1 cm³/mol. The first kappa shape index (κ1) is 12.5. The minimum Gasteiger partial charge on any atom is -0.384 e. The van der Waals surface area contributed by atoms with Gasteiger partial charge in [-0.25, -0.2) is 4.98 Å². The molecule has 0 spiro atoms. The molecule has 0 aliphatic rings. The molecule has 0 bridgehead atoms. The lowest BCUT2D eigenvalue weighted by molar-refractivity contribution is 0.218. The molecule has 0 saturated heterocycles. The van der Waals surface area contributed by atoms with Crippen LogP contribution in [-0.2, 0) is 11.2 Å². The van der Waals surface area contributed by atoms with E-state index in [2.05, 4.69) is 10.1 Å². The summed E-state index contributed by atoms with van der Waals surface area (Å²) in [6.07, 6.45) is 0.760. The summed E-state index contributed by atoms with van der Waals surface area (Å²) in [4.78, 5) is 16.8. The molecule has 2 heterocycles. The second kappa shape index (κ2) is 5.61. The van der Waals surface area contributed by atoms with Crippen LogP contribution < -0.4 is 5.56 Å². The fourth-order valence-electron chi connectivity index (χ4n) is 1.29. The maximum Gasteiger partial charge on any atom is 0.275 e. The number of nitrogens with zero attached hydrogens (tertiary/aromatic N) is 3. The summed E-state index contributed by atoms with van der Waals surface area (Å²) in [5.41, 5.74) is 0.703. The summed E-state index contributed by atoms with van der Waals surface area (Å²) in [7, 11) is 1.67. The first-order chi connectivity index (χ1) is 8.24. The number of aryl methyl sites for hydroxylation is 1. The number of aromatic nitrogens is 3. The summed E-state index contributed by atoms with van der Waals surface area (Å²) in [5.74, 6) is 0.825. The number of fused-ring (bicyclic) bond motifs is 1. The number of methoxy groups -OCH3 is 1. The Morgan fingerprint density at radius 3 is 3.12 bits per heavy atom. The monoisotopic (exact) mass is 271 g/mol. The molecular formula is C10H13N3O2S2. The lowest BCUT2D eigenvalue weighted by Crippen LogP contribution is -2.15. The van der Waals surface area contributed by atoms with Gasteiger partial charge in [0.25, 0.3) is 5.56 Å². The third-order valence-electron chi connectivity index (χ3n) is 2.15. The minimum atomic E-state index is -0.110. The van der Waals surface area contributed by atoms with E-state index in [1.54, 1.807) is 18.9 Å². The Bertz CT molecular complexity index is 564. The van der Waals surface area contributed by atoms with E-state index in [1.165, 1.54) is 21.9 Å². The zero-order valence-corrected chi connectivity index (χ0v) is 11.3. The number of hydrogen-bond acceptors (Lipinski definition) is 6. The normalized spacial score (nSPS) is 11.2. The van der Waals surface area contributed by atoms with Gasteiger partial charge in [-0.3, -0.25) is 4.79 Å². The van der Waals surface area contributed by atoms with Crippen molar-refractivity contribution >= 4 is 28.1 Å². The number of ether oxygens (including phenoxy) is 1. The van der Waals surface area contributed by atoms with Gasteiger partial charge in [0.1, 0.15) is 0 Å². The third kappa shape index (κ3) is 2.85. The number of rotatable bonds is 5. The molecule has 0 aliphatic carbocycles. The summed E-state index contributed by atoms with van der Waals surface area (Å²) in [6, 6.07) is 1.54. The molecule has 0 atom stereocenters. The van der Waals surface area contributed by atoms with Gasteiger partial charge in [0, 0.05) is 24.6 Å². The van der Waals surface area contributed by atoms with Crippen LogP contribution in [0.3, 0.4) is 0 Å². The van der Waals surface area contributed by atoms with Crippen molar-refractivity contribution in [1.29, 1.82) is 0 Å². The molecule has 0 radical (unpaired) electrons. The van der Waals surface area contributed by atoms with E-state index < -0.39 is 0 Å². The van der Waals surface area contributed by atoms with Crippen molar-refractivity contribution in [3.05, 3.63) is 22.1 Å². The molecule has 2 aromatic rings. The number of thioether (sulfide) groups is 1. The van der Waals surface area contributed by atoms with Crippen molar-refractivity contribution in [2.75, 3.05) is 19.5 Å². The molecular weight excluding hydrogens is 258 g/mol. The zero-order chi connectivity index (χ0) is 12.3.